The van der Waals surface area contributed by atoms with E-state index in [0.717, 1.165) is 51.1 Å². The van der Waals surface area contributed by atoms with Gasteiger partial charge < -0.3 is 19.9 Å². The fourth-order valence-electron chi connectivity index (χ4n) is 5.36. The molecule has 3 heterocycles. The van der Waals surface area contributed by atoms with Crippen LogP contribution in [0, 0.1) is 5.92 Å². The zero-order chi connectivity index (χ0) is 20.6. The lowest BCUT2D eigenvalue weighted by Gasteiger charge is -2.36. The van der Waals surface area contributed by atoms with E-state index >= 15 is 0 Å². The maximum Gasteiger partial charge on any atom is 0.225 e. The second-order valence-electron chi connectivity index (χ2n) is 9.28. The second kappa shape index (κ2) is 11.1. The summed E-state index contributed by atoms with van der Waals surface area (Å²) in [6, 6.07) is 9.30. The molecule has 0 aromatic heterocycles. The van der Waals surface area contributed by atoms with Gasteiger partial charge >= 0.3 is 0 Å². The number of nitrogens with one attached hydrogen (secondary N) is 1. The number of amides is 1. The third-order valence-corrected chi connectivity index (χ3v) is 7.17. The standard InChI is InChI=1S/C25H39N3O2/c29-25(22-11-13-26-14-12-22)28-17-4-3-16-27-15-2-1-7-23(27)10-9-21-6-5-8-24(20-21)30-19-18-28/h5-6,8,20,22-23,26H,1-4,7,9-19H2. The van der Waals surface area contributed by atoms with Gasteiger partial charge in [-0.25, -0.2) is 0 Å². The van der Waals surface area contributed by atoms with Crippen LogP contribution in [0.2, 0.25) is 0 Å². The Bertz CT molecular complexity index is 674. The molecule has 2 bridgehead atoms. The molecule has 0 aliphatic carbocycles. The molecular weight excluding hydrogens is 374 g/mol. The van der Waals surface area contributed by atoms with Gasteiger partial charge in [0.15, 0.2) is 0 Å². The van der Waals surface area contributed by atoms with E-state index < -0.39 is 0 Å². The number of hydrogen-bond donors (Lipinski definition) is 1. The topological polar surface area (TPSA) is 44.8 Å². The van der Waals surface area contributed by atoms with Crippen LogP contribution in [0.3, 0.4) is 0 Å². The molecule has 5 heteroatoms. The molecule has 0 spiro atoms. The summed E-state index contributed by atoms with van der Waals surface area (Å²) in [4.78, 5) is 18.0. The summed E-state index contributed by atoms with van der Waals surface area (Å²) in [6.45, 7) is 6.48. The van der Waals surface area contributed by atoms with Crippen LogP contribution in [0.4, 0.5) is 0 Å². The van der Waals surface area contributed by atoms with E-state index in [9.17, 15) is 4.79 Å². The van der Waals surface area contributed by atoms with Crippen molar-refractivity contribution in [1.29, 1.82) is 0 Å². The fraction of sp³-hybridized carbons (Fsp3) is 0.720. The molecular formula is C25H39N3O2. The van der Waals surface area contributed by atoms with E-state index in [1.165, 1.54) is 50.8 Å². The van der Waals surface area contributed by atoms with Gasteiger partial charge in [0.1, 0.15) is 12.4 Å². The number of piperidine rings is 2. The molecule has 0 radical (unpaired) electrons. The Balaban J connectivity index is 1.44. The minimum atomic E-state index is 0.183. The second-order valence-corrected chi connectivity index (χ2v) is 9.28. The van der Waals surface area contributed by atoms with Gasteiger partial charge in [-0.2, -0.15) is 0 Å². The minimum Gasteiger partial charge on any atom is -0.492 e. The number of hydrogen-bond acceptors (Lipinski definition) is 4. The highest BCUT2D eigenvalue weighted by molar-refractivity contribution is 5.79. The summed E-state index contributed by atoms with van der Waals surface area (Å²) >= 11 is 0. The average Bonchev–Trinajstić information content (AvgIpc) is 2.80. The Hall–Kier alpha value is -1.59. The Labute approximate surface area is 182 Å². The van der Waals surface area contributed by atoms with E-state index in [1.807, 2.05) is 6.07 Å². The molecule has 30 heavy (non-hydrogen) atoms. The lowest BCUT2D eigenvalue weighted by molar-refractivity contribution is -0.136. The first-order valence-electron chi connectivity index (χ1n) is 12.2. The van der Waals surface area contributed by atoms with E-state index in [2.05, 4.69) is 33.3 Å². The van der Waals surface area contributed by atoms with E-state index in [4.69, 9.17) is 4.74 Å². The van der Waals surface area contributed by atoms with Crippen LogP contribution in [0.1, 0.15) is 56.9 Å². The highest BCUT2D eigenvalue weighted by Gasteiger charge is 2.26. The van der Waals surface area contributed by atoms with Crippen LogP contribution in [0.25, 0.3) is 0 Å². The molecule has 166 valence electrons. The summed E-state index contributed by atoms with van der Waals surface area (Å²) in [5.74, 6) is 1.47. The molecule has 1 N–H and O–H groups in total. The van der Waals surface area contributed by atoms with Crippen molar-refractivity contribution in [2.24, 2.45) is 5.92 Å². The smallest absolute Gasteiger partial charge is 0.225 e. The van der Waals surface area contributed by atoms with Crippen LogP contribution < -0.4 is 10.1 Å². The molecule has 2 fully saturated rings. The van der Waals surface area contributed by atoms with Crippen molar-refractivity contribution in [2.45, 2.75) is 63.8 Å². The Morgan fingerprint density at radius 3 is 2.60 bits per heavy atom. The van der Waals surface area contributed by atoms with Crippen LogP contribution >= 0.6 is 0 Å². The van der Waals surface area contributed by atoms with Crippen LogP contribution in [-0.2, 0) is 11.2 Å². The van der Waals surface area contributed by atoms with Gasteiger partial charge in [-0.3, -0.25) is 4.79 Å². The number of aryl methyl sites for hydroxylation is 1. The maximum atomic E-state index is 13.2. The minimum absolute atomic E-state index is 0.183. The molecule has 3 aliphatic rings. The van der Waals surface area contributed by atoms with Crippen LogP contribution in [0.15, 0.2) is 24.3 Å². The summed E-state index contributed by atoms with van der Waals surface area (Å²) in [6.07, 6.45) is 10.6. The number of benzene rings is 1. The van der Waals surface area contributed by atoms with Crippen molar-refractivity contribution in [1.82, 2.24) is 15.1 Å². The van der Waals surface area contributed by atoms with Crippen molar-refractivity contribution in [3.8, 4) is 5.75 Å². The van der Waals surface area contributed by atoms with Crippen molar-refractivity contribution < 1.29 is 9.53 Å². The number of ether oxygens (including phenoxy) is 1. The summed E-state index contributed by atoms with van der Waals surface area (Å²) in [5, 5.41) is 3.38. The monoisotopic (exact) mass is 413 g/mol. The molecule has 1 atom stereocenters. The zero-order valence-electron chi connectivity index (χ0n) is 18.5. The van der Waals surface area contributed by atoms with Gasteiger partial charge in [0, 0.05) is 18.5 Å². The molecule has 2 saturated heterocycles. The Morgan fingerprint density at radius 1 is 0.933 bits per heavy atom. The molecule has 3 aliphatic heterocycles. The normalized spacial score (nSPS) is 25.5. The molecule has 5 nitrogen and oxygen atoms in total. The average molecular weight is 414 g/mol. The summed E-state index contributed by atoms with van der Waals surface area (Å²) < 4.78 is 6.08. The molecule has 1 aromatic carbocycles. The van der Waals surface area contributed by atoms with Gasteiger partial charge in [0.2, 0.25) is 5.91 Å². The fourth-order valence-corrected chi connectivity index (χ4v) is 5.36. The Morgan fingerprint density at radius 2 is 1.73 bits per heavy atom. The summed E-state index contributed by atoms with van der Waals surface area (Å²) in [5.41, 5.74) is 1.37. The number of nitrogens with zero attached hydrogens (tertiary/aromatic N) is 2. The van der Waals surface area contributed by atoms with E-state index in [0.29, 0.717) is 25.1 Å². The first kappa shape index (κ1) is 21.6. The largest absolute Gasteiger partial charge is 0.492 e. The predicted octanol–water partition coefficient (Wildman–Crippen LogP) is 3.47. The predicted molar refractivity (Wildman–Crippen MR) is 121 cm³/mol. The van der Waals surface area contributed by atoms with Gasteiger partial charge in [0.25, 0.3) is 0 Å². The lowest BCUT2D eigenvalue weighted by Crippen LogP contribution is -2.43. The van der Waals surface area contributed by atoms with Crippen LogP contribution in [-0.4, -0.2) is 67.6 Å². The SMILES string of the molecule is O=C(C1CCNCC1)N1CCCCN2CCCCC2CCc2cccc(c2)OCC1. The first-order chi connectivity index (χ1) is 14.8. The number of fused-ring (bicyclic) bond motifs is 3. The lowest BCUT2D eigenvalue weighted by atomic mass is 9.95. The molecule has 0 saturated carbocycles. The quantitative estimate of drug-likeness (QED) is 0.766. The molecule has 1 unspecified atom stereocenters. The molecule has 4 rings (SSSR count). The molecule has 1 aromatic rings. The third kappa shape index (κ3) is 5.98. The van der Waals surface area contributed by atoms with Crippen molar-refractivity contribution in [2.75, 3.05) is 45.9 Å². The van der Waals surface area contributed by atoms with E-state index in [1.54, 1.807) is 0 Å². The van der Waals surface area contributed by atoms with Crippen molar-refractivity contribution in [3.63, 3.8) is 0 Å². The number of carbonyl (C=O) groups is 1. The third-order valence-electron chi connectivity index (χ3n) is 7.17. The molecule has 1 amide bonds. The highest BCUT2D eigenvalue weighted by Crippen LogP contribution is 2.24. The Kier molecular flexibility index (Phi) is 8.04. The number of rotatable bonds is 1. The zero-order valence-corrected chi connectivity index (χ0v) is 18.5. The maximum absolute atomic E-state index is 13.2. The van der Waals surface area contributed by atoms with Gasteiger partial charge in [-0.15, -0.1) is 0 Å². The van der Waals surface area contributed by atoms with Gasteiger partial charge in [0.05, 0.1) is 6.54 Å². The summed E-state index contributed by atoms with van der Waals surface area (Å²) in [7, 11) is 0. The van der Waals surface area contributed by atoms with Gasteiger partial charge in [-0.05, 0) is 95.2 Å². The van der Waals surface area contributed by atoms with E-state index in [-0.39, 0.29) is 5.92 Å². The highest BCUT2D eigenvalue weighted by atomic mass is 16.5. The van der Waals surface area contributed by atoms with Crippen molar-refractivity contribution >= 4 is 5.91 Å². The van der Waals surface area contributed by atoms with Crippen molar-refractivity contribution in [3.05, 3.63) is 29.8 Å². The number of carbonyl (C=O) groups excluding carboxylic acids is 1. The van der Waals surface area contributed by atoms with Crippen LogP contribution in [0.5, 0.6) is 5.75 Å². The first-order valence-corrected chi connectivity index (χ1v) is 12.2. The van der Waals surface area contributed by atoms with Gasteiger partial charge in [-0.1, -0.05) is 18.6 Å².